The first kappa shape index (κ1) is 26.7. The summed E-state index contributed by atoms with van der Waals surface area (Å²) in [7, 11) is 1.95. The number of carbonyl (C=O) groups is 1. The Kier molecular flexibility index (Phi) is 11.0. The number of benzene rings is 2. The molecule has 0 N–H and O–H groups in total. The number of likely N-dealkylation sites (N-methyl/N-ethyl adjacent to an activating group) is 1. The van der Waals surface area contributed by atoms with Gasteiger partial charge in [0.2, 0.25) is 5.91 Å². The second-order valence-corrected chi connectivity index (χ2v) is 8.74. The fourth-order valence-corrected chi connectivity index (χ4v) is 5.07. The van der Waals surface area contributed by atoms with Crippen LogP contribution in [0, 0.1) is 0 Å². The van der Waals surface area contributed by atoms with Gasteiger partial charge >= 0.3 is 0 Å². The molecule has 1 amide bonds. The molecule has 1 heterocycles. The Bertz CT molecular complexity index is 864. The summed E-state index contributed by atoms with van der Waals surface area (Å²) >= 11 is 12.2. The van der Waals surface area contributed by atoms with Crippen molar-refractivity contribution in [1.29, 1.82) is 0 Å². The molecule has 5 heteroatoms. The van der Waals surface area contributed by atoms with Gasteiger partial charge in [0.05, 0.1) is 22.5 Å². The molecule has 2 atom stereocenters. The molecule has 2 aromatic carbocycles. The van der Waals surface area contributed by atoms with Crippen LogP contribution in [0.2, 0.25) is 10.0 Å². The predicted molar refractivity (Wildman–Crippen MR) is 138 cm³/mol. The second kappa shape index (κ2) is 13.2. The lowest BCUT2D eigenvalue weighted by atomic mass is 9.82. The summed E-state index contributed by atoms with van der Waals surface area (Å²) in [5.74, 6) is 0.115. The normalized spacial score (nSPS) is 19.7. The van der Waals surface area contributed by atoms with Crippen LogP contribution in [0.15, 0.2) is 42.5 Å². The van der Waals surface area contributed by atoms with Crippen LogP contribution in [0.1, 0.15) is 69.7 Å². The highest BCUT2D eigenvalue weighted by Gasteiger charge is 2.38. The Labute approximate surface area is 204 Å². The Morgan fingerprint density at radius 1 is 1.00 bits per heavy atom. The smallest absolute Gasteiger partial charge is 0.227 e. The second-order valence-electron chi connectivity index (χ2n) is 7.92. The largest absolute Gasteiger partial charge is 0.337 e. The molecule has 32 heavy (non-hydrogen) atoms. The minimum absolute atomic E-state index is 0.0957. The van der Waals surface area contributed by atoms with Crippen molar-refractivity contribution in [3.63, 3.8) is 0 Å². The van der Waals surface area contributed by atoms with E-state index in [1.807, 2.05) is 45.7 Å². The summed E-state index contributed by atoms with van der Waals surface area (Å²) in [5, 5.41) is 1.01. The monoisotopic (exact) mass is 476 g/mol. The van der Waals surface area contributed by atoms with Gasteiger partial charge in [-0.05, 0) is 67.6 Å². The Balaban J connectivity index is 0.000000860. The van der Waals surface area contributed by atoms with Gasteiger partial charge in [0.15, 0.2) is 0 Å². The number of hydrogen-bond acceptors (Lipinski definition) is 2. The van der Waals surface area contributed by atoms with E-state index in [0.29, 0.717) is 22.5 Å². The van der Waals surface area contributed by atoms with Crippen molar-refractivity contribution in [2.45, 2.75) is 71.9 Å². The molecular weight excluding hydrogens is 439 g/mol. The molecule has 0 radical (unpaired) electrons. The predicted octanol–water partition coefficient (Wildman–Crippen LogP) is 7.20. The minimum Gasteiger partial charge on any atom is -0.337 e. The number of halogens is 2. The van der Waals surface area contributed by atoms with Gasteiger partial charge in [-0.3, -0.25) is 9.69 Å². The third-order valence-electron chi connectivity index (χ3n) is 6.21. The number of nitrogens with zero attached hydrogens (tertiary/aromatic N) is 2. The van der Waals surface area contributed by atoms with Crippen molar-refractivity contribution >= 4 is 29.1 Å². The number of aryl methyl sites for hydroxylation is 1. The van der Waals surface area contributed by atoms with Crippen LogP contribution < -0.4 is 0 Å². The molecule has 2 aliphatic rings. The molecule has 0 bridgehead atoms. The van der Waals surface area contributed by atoms with Crippen molar-refractivity contribution in [1.82, 2.24) is 9.80 Å². The minimum atomic E-state index is 0.0957. The molecule has 1 fully saturated rings. The van der Waals surface area contributed by atoms with Crippen LogP contribution in [0.3, 0.4) is 0 Å². The van der Waals surface area contributed by atoms with Crippen molar-refractivity contribution in [2.75, 3.05) is 20.1 Å². The fourth-order valence-electron chi connectivity index (χ4n) is 4.75. The maximum atomic E-state index is 13.2. The number of rotatable bonds is 4. The van der Waals surface area contributed by atoms with Crippen LogP contribution in [0.25, 0.3) is 0 Å². The zero-order valence-corrected chi connectivity index (χ0v) is 21.7. The van der Waals surface area contributed by atoms with Crippen LogP contribution in [0.4, 0.5) is 0 Å². The molecular formula is C27H38Cl2N2O. The topological polar surface area (TPSA) is 23.6 Å². The highest BCUT2D eigenvalue weighted by atomic mass is 35.5. The molecule has 0 unspecified atom stereocenters. The van der Waals surface area contributed by atoms with Gasteiger partial charge in [0.1, 0.15) is 0 Å². The van der Waals surface area contributed by atoms with E-state index in [-0.39, 0.29) is 11.9 Å². The SMILES string of the molecule is CC.CC.CN(C(=O)Cc1ccc(Cl)c(Cl)c1)[C@H]1c2ccccc2CC[C@@H]1N1CCCC1. The van der Waals surface area contributed by atoms with Gasteiger partial charge in [-0.15, -0.1) is 0 Å². The van der Waals surface area contributed by atoms with Crippen LogP contribution in [-0.2, 0) is 17.6 Å². The molecule has 3 nitrogen and oxygen atoms in total. The van der Waals surface area contributed by atoms with Crippen molar-refractivity contribution in [3.8, 4) is 0 Å². The van der Waals surface area contributed by atoms with E-state index in [2.05, 4.69) is 29.2 Å². The first-order valence-electron chi connectivity index (χ1n) is 12.1. The average molecular weight is 478 g/mol. The molecule has 1 aliphatic carbocycles. The first-order chi connectivity index (χ1) is 15.5. The summed E-state index contributed by atoms with van der Waals surface area (Å²) in [6.45, 7) is 10.3. The number of likely N-dealkylation sites (tertiary alicyclic amines) is 1. The third-order valence-corrected chi connectivity index (χ3v) is 6.95. The Morgan fingerprint density at radius 3 is 2.31 bits per heavy atom. The molecule has 0 aromatic heterocycles. The number of carbonyl (C=O) groups excluding carboxylic acids is 1. The average Bonchev–Trinajstić information content (AvgIpc) is 3.37. The summed E-state index contributed by atoms with van der Waals surface area (Å²) < 4.78 is 0. The molecule has 1 aliphatic heterocycles. The molecule has 1 saturated heterocycles. The summed E-state index contributed by atoms with van der Waals surface area (Å²) in [6.07, 6.45) is 5.03. The number of fused-ring (bicyclic) bond motifs is 1. The standard InChI is InChI=1S/C23H26Cl2N2O.2C2H6/c1-26(22(28)15-16-8-10-19(24)20(25)14-16)23-18-7-3-2-6-17(18)9-11-21(23)27-12-4-5-13-27;2*1-2/h2-3,6-8,10,14,21,23H,4-5,9,11-13,15H2,1H3;2*1-2H3/t21-,23-;;/m0../s1. The van der Waals surface area contributed by atoms with Gasteiger partial charge in [-0.25, -0.2) is 0 Å². The quantitative estimate of drug-likeness (QED) is 0.465. The highest BCUT2D eigenvalue weighted by Crippen LogP contribution is 2.38. The van der Waals surface area contributed by atoms with E-state index in [9.17, 15) is 4.79 Å². The van der Waals surface area contributed by atoms with E-state index in [0.717, 1.165) is 31.5 Å². The molecule has 2 aromatic rings. The lowest BCUT2D eigenvalue weighted by Crippen LogP contribution is -2.48. The summed E-state index contributed by atoms with van der Waals surface area (Å²) in [6, 6.07) is 14.5. The first-order valence-corrected chi connectivity index (χ1v) is 12.8. The van der Waals surface area contributed by atoms with E-state index in [1.165, 1.54) is 24.0 Å². The van der Waals surface area contributed by atoms with Gasteiger partial charge in [-0.2, -0.15) is 0 Å². The Morgan fingerprint density at radius 2 is 1.66 bits per heavy atom. The summed E-state index contributed by atoms with van der Waals surface area (Å²) in [5.41, 5.74) is 3.57. The Hall–Kier alpha value is -1.55. The third kappa shape index (κ3) is 6.27. The van der Waals surface area contributed by atoms with Gasteiger partial charge < -0.3 is 4.90 Å². The van der Waals surface area contributed by atoms with Crippen LogP contribution in [-0.4, -0.2) is 41.9 Å². The zero-order valence-electron chi connectivity index (χ0n) is 20.2. The fraction of sp³-hybridized carbons (Fsp3) is 0.519. The van der Waals surface area contributed by atoms with E-state index < -0.39 is 0 Å². The van der Waals surface area contributed by atoms with Gasteiger partial charge in [-0.1, -0.05) is 81.2 Å². The number of hydrogen-bond donors (Lipinski definition) is 0. The van der Waals surface area contributed by atoms with Gasteiger partial charge in [0.25, 0.3) is 0 Å². The lowest BCUT2D eigenvalue weighted by molar-refractivity contribution is -0.133. The lowest BCUT2D eigenvalue weighted by Gasteiger charge is -2.43. The van der Waals surface area contributed by atoms with Crippen molar-refractivity contribution in [2.24, 2.45) is 0 Å². The molecule has 176 valence electrons. The van der Waals surface area contributed by atoms with Crippen LogP contribution >= 0.6 is 23.2 Å². The summed E-state index contributed by atoms with van der Waals surface area (Å²) in [4.78, 5) is 17.8. The maximum absolute atomic E-state index is 13.2. The van der Waals surface area contributed by atoms with E-state index in [4.69, 9.17) is 23.2 Å². The molecule has 0 saturated carbocycles. The zero-order chi connectivity index (χ0) is 23.7. The van der Waals surface area contributed by atoms with Gasteiger partial charge in [0, 0.05) is 13.1 Å². The van der Waals surface area contributed by atoms with E-state index >= 15 is 0 Å². The number of amides is 1. The van der Waals surface area contributed by atoms with Crippen molar-refractivity contribution in [3.05, 3.63) is 69.2 Å². The molecule has 4 rings (SSSR count). The highest BCUT2D eigenvalue weighted by molar-refractivity contribution is 6.42. The van der Waals surface area contributed by atoms with E-state index in [1.54, 1.807) is 12.1 Å². The maximum Gasteiger partial charge on any atom is 0.227 e. The molecule has 0 spiro atoms. The van der Waals surface area contributed by atoms with Crippen LogP contribution in [0.5, 0.6) is 0 Å². The van der Waals surface area contributed by atoms with Crippen molar-refractivity contribution < 1.29 is 4.79 Å².